The van der Waals surface area contributed by atoms with Crippen molar-refractivity contribution in [3.05, 3.63) is 95.8 Å². The molecule has 0 bridgehead atoms. The molecule has 0 N–H and O–H groups in total. The highest BCUT2D eigenvalue weighted by Crippen LogP contribution is 2.31. The first-order valence-corrected chi connectivity index (χ1v) is 10.6. The van der Waals surface area contributed by atoms with Crippen molar-refractivity contribution >= 4 is 21.1 Å². The maximum Gasteiger partial charge on any atom is 0.416 e. The van der Waals surface area contributed by atoms with E-state index in [1.165, 1.54) is 0 Å². The summed E-state index contributed by atoms with van der Waals surface area (Å²) in [5.41, 5.74) is 1.03. The van der Waals surface area contributed by atoms with Gasteiger partial charge in [-0.15, -0.1) is 0 Å². The van der Waals surface area contributed by atoms with Gasteiger partial charge in [0, 0.05) is 6.42 Å². The largest absolute Gasteiger partial charge is 0.416 e. The number of imidazole rings is 1. The van der Waals surface area contributed by atoms with E-state index in [0.29, 0.717) is 29.7 Å². The predicted molar refractivity (Wildman–Crippen MR) is 108 cm³/mol. The number of aromatic nitrogens is 2. The van der Waals surface area contributed by atoms with Crippen LogP contribution in [0.25, 0.3) is 11.0 Å². The quantitative estimate of drug-likeness (QED) is 0.444. The standard InChI is InChI=1S/C22H17F3N2O2S/c23-22(24,25)17-11-13-18(14-12-17)30(28,29)27-20-9-5-4-8-19(20)26-21(27)15-10-16-6-2-1-3-7-16/h1-9,11-14H,10,15H2. The third-order valence-electron chi connectivity index (χ3n) is 4.78. The van der Waals surface area contributed by atoms with Crippen molar-refractivity contribution in [2.45, 2.75) is 23.9 Å². The van der Waals surface area contributed by atoms with E-state index < -0.39 is 21.8 Å². The zero-order valence-corrected chi connectivity index (χ0v) is 16.5. The number of hydrogen-bond donors (Lipinski definition) is 0. The fraction of sp³-hybridized carbons (Fsp3) is 0.136. The molecule has 0 aliphatic carbocycles. The second kappa shape index (κ2) is 7.60. The summed E-state index contributed by atoms with van der Waals surface area (Å²) < 4.78 is 66.4. The van der Waals surface area contributed by atoms with Gasteiger partial charge in [-0.3, -0.25) is 0 Å². The number of alkyl halides is 3. The van der Waals surface area contributed by atoms with Crippen molar-refractivity contribution in [1.82, 2.24) is 8.96 Å². The summed E-state index contributed by atoms with van der Waals surface area (Å²) in [4.78, 5) is 4.26. The average Bonchev–Trinajstić information content (AvgIpc) is 3.12. The summed E-state index contributed by atoms with van der Waals surface area (Å²) in [6, 6.07) is 19.9. The Balaban J connectivity index is 1.78. The van der Waals surface area contributed by atoms with Crippen LogP contribution in [0.1, 0.15) is 17.0 Å². The van der Waals surface area contributed by atoms with Crippen LogP contribution in [0.3, 0.4) is 0 Å². The van der Waals surface area contributed by atoms with Gasteiger partial charge in [0.15, 0.2) is 0 Å². The van der Waals surface area contributed by atoms with Gasteiger partial charge in [0.25, 0.3) is 10.0 Å². The lowest BCUT2D eigenvalue weighted by atomic mass is 10.1. The maximum absolute atomic E-state index is 13.3. The molecule has 0 saturated carbocycles. The molecule has 0 radical (unpaired) electrons. The van der Waals surface area contributed by atoms with E-state index in [9.17, 15) is 21.6 Å². The van der Waals surface area contributed by atoms with Crippen molar-refractivity contribution in [2.24, 2.45) is 0 Å². The fourth-order valence-corrected chi connectivity index (χ4v) is 4.82. The summed E-state index contributed by atoms with van der Waals surface area (Å²) in [6.45, 7) is 0. The SMILES string of the molecule is O=S(=O)(c1ccc(C(F)(F)F)cc1)n1c(CCc2ccccc2)nc2ccccc21. The summed E-state index contributed by atoms with van der Waals surface area (Å²) >= 11 is 0. The van der Waals surface area contributed by atoms with Crippen LogP contribution in [0, 0.1) is 0 Å². The third kappa shape index (κ3) is 3.82. The minimum absolute atomic E-state index is 0.223. The molecule has 0 unspecified atom stereocenters. The summed E-state index contributed by atoms with van der Waals surface area (Å²) in [6.07, 6.45) is -3.60. The van der Waals surface area contributed by atoms with E-state index >= 15 is 0 Å². The smallest absolute Gasteiger partial charge is 0.232 e. The first-order chi connectivity index (χ1) is 14.3. The summed E-state index contributed by atoms with van der Waals surface area (Å²) in [7, 11) is -4.13. The molecule has 4 nitrogen and oxygen atoms in total. The van der Waals surface area contributed by atoms with Crippen LogP contribution in [-0.4, -0.2) is 17.4 Å². The van der Waals surface area contributed by atoms with E-state index in [4.69, 9.17) is 0 Å². The van der Waals surface area contributed by atoms with Crippen molar-refractivity contribution in [3.63, 3.8) is 0 Å². The Kier molecular flexibility index (Phi) is 5.11. The third-order valence-corrected chi connectivity index (χ3v) is 6.54. The van der Waals surface area contributed by atoms with Crippen molar-refractivity contribution in [1.29, 1.82) is 0 Å². The lowest BCUT2D eigenvalue weighted by Crippen LogP contribution is -2.17. The van der Waals surface area contributed by atoms with Gasteiger partial charge < -0.3 is 0 Å². The van der Waals surface area contributed by atoms with Gasteiger partial charge in [-0.05, 0) is 48.4 Å². The second-order valence-electron chi connectivity index (χ2n) is 6.79. The van der Waals surface area contributed by atoms with Gasteiger partial charge in [0.2, 0.25) is 0 Å². The molecular formula is C22H17F3N2O2S. The number of rotatable bonds is 5. The summed E-state index contributed by atoms with van der Waals surface area (Å²) in [5, 5.41) is 0. The molecule has 0 saturated heterocycles. The molecule has 0 fully saturated rings. The number of fused-ring (bicyclic) bond motifs is 1. The lowest BCUT2D eigenvalue weighted by molar-refractivity contribution is -0.137. The number of nitrogens with zero attached hydrogens (tertiary/aromatic N) is 2. The molecule has 4 aromatic rings. The van der Waals surface area contributed by atoms with Crippen LogP contribution in [0.15, 0.2) is 83.8 Å². The molecular weight excluding hydrogens is 413 g/mol. The van der Waals surface area contributed by atoms with Crippen molar-refractivity contribution in [2.75, 3.05) is 0 Å². The molecule has 3 aromatic carbocycles. The monoisotopic (exact) mass is 430 g/mol. The minimum Gasteiger partial charge on any atom is -0.232 e. The highest BCUT2D eigenvalue weighted by atomic mass is 32.2. The number of aryl methyl sites for hydroxylation is 2. The van der Waals surface area contributed by atoms with Crippen LogP contribution in [0.4, 0.5) is 13.2 Å². The summed E-state index contributed by atoms with van der Waals surface area (Å²) in [5.74, 6) is 0.333. The number of halogens is 3. The Morgan fingerprint density at radius 3 is 2.10 bits per heavy atom. The molecule has 30 heavy (non-hydrogen) atoms. The topological polar surface area (TPSA) is 52.0 Å². The Morgan fingerprint density at radius 2 is 1.43 bits per heavy atom. The van der Waals surface area contributed by atoms with Crippen molar-refractivity contribution < 1.29 is 21.6 Å². The molecule has 154 valence electrons. The predicted octanol–water partition coefficient (Wildman–Crippen LogP) is 5.08. The van der Waals surface area contributed by atoms with Crippen LogP contribution in [0.2, 0.25) is 0 Å². The Morgan fingerprint density at radius 1 is 0.800 bits per heavy atom. The molecule has 0 spiro atoms. The highest BCUT2D eigenvalue weighted by molar-refractivity contribution is 7.90. The molecule has 0 aliphatic heterocycles. The molecule has 8 heteroatoms. The molecule has 0 amide bonds. The average molecular weight is 430 g/mol. The Labute approximate surface area is 171 Å². The van der Waals surface area contributed by atoms with Crippen LogP contribution >= 0.6 is 0 Å². The lowest BCUT2D eigenvalue weighted by Gasteiger charge is -2.12. The van der Waals surface area contributed by atoms with Gasteiger partial charge in [-0.1, -0.05) is 42.5 Å². The van der Waals surface area contributed by atoms with E-state index in [-0.39, 0.29) is 4.90 Å². The van der Waals surface area contributed by atoms with Gasteiger partial charge in [-0.2, -0.15) is 13.2 Å². The highest BCUT2D eigenvalue weighted by Gasteiger charge is 2.31. The number of hydrogen-bond acceptors (Lipinski definition) is 3. The van der Waals surface area contributed by atoms with Gasteiger partial charge in [0.05, 0.1) is 21.5 Å². The fourth-order valence-electron chi connectivity index (χ4n) is 3.30. The first kappa shape index (κ1) is 20.2. The molecule has 0 atom stereocenters. The van der Waals surface area contributed by atoms with E-state index in [1.807, 2.05) is 30.3 Å². The maximum atomic E-state index is 13.3. The second-order valence-corrected chi connectivity index (χ2v) is 8.58. The van der Waals surface area contributed by atoms with E-state index in [0.717, 1.165) is 33.8 Å². The van der Waals surface area contributed by atoms with Gasteiger partial charge >= 0.3 is 6.18 Å². The van der Waals surface area contributed by atoms with Gasteiger partial charge in [0.1, 0.15) is 5.82 Å². The first-order valence-electron chi connectivity index (χ1n) is 9.20. The Hall–Kier alpha value is -3.13. The normalized spacial score (nSPS) is 12.4. The zero-order chi connectivity index (χ0) is 21.4. The number of para-hydroxylation sites is 2. The number of benzene rings is 3. The zero-order valence-electron chi connectivity index (χ0n) is 15.7. The van der Waals surface area contributed by atoms with Crippen LogP contribution < -0.4 is 0 Å². The molecule has 4 rings (SSSR count). The minimum atomic E-state index is -4.54. The Bertz CT molecular complexity index is 1280. The van der Waals surface area contributed by atoms with E-state index in [1.54, 1.807) is 24.3 Å². The van der Waals surface area contributed by atoms with Crippen molar-refractivity contribution in [3.8, 4) is 0 Å². The van der Waals surface area contributed by atoms with Gasteiger partial charge in [-0.25, -0.2) is 17.4 Å². The molecule has 1 heterocycles. The molecule has 1 aromatic heterocycles. The van der Waals surface area contributed by atoms with Crippen LogP contribution in [-0.2, 0) is 29.0 Å². The van der Waals surface area contributed by atoms with E-state index in [2.05, 4.69) is 4.98 Å². The molecule has 0 aliphatic rings. The van der Waals surface area contributed by atoms with Crippen LogP contribution in [0.5, 0.6) is 0 Å².